The molecular weight excluding hydrogens is 320 g/mol. The molecule has 0 fully saturated rings. The number of aryl methyl sites for hydroxylation is 1. The molecule has 0 aliphatic heterocycles. The van der Waals surface area contributed by atoms with Crippen LogP contribution in [0.25, 0.3) is 0 Å². The second-order valence-corrected chi connectivity index (χ2v) is 5.80. The van der Waals surface area contributed by atoms with Crippen molar-refractivity contribution in [3.63, 3.8) is 0 Å². The minimum atomic E-state index is -3.94. The minimum absolute atomic E-state index is 0. The monoisotopic (exact) mass is 330 g/mol. The van der Waals surface area contributed by atoms with E-state index in [4.69, 9.17) is 5.14 Å². The molecule has 2 N–H and O–H groups in total. The molecular formula is C7H11ClN4O5S2. The van der Waals surface area contributed by atoms with Crippen molar-refractivity contribution in [2.75, 3.05) is 6.61 Å². The van der Waals surface area contributed by atoms with E-state index in [-0.39, 0.29) is 21.5 Å². The van der Waals surface area contributed by atoms with Crippen molar-refractivity contribution in [3.8, 4) is 0 Å². The Kier molecular flexibility index (Phi) is 6.29. The standard InChI is InChI=1S/C7H10N4O5S2.ClH/c1-4(12)16-3-5(13)9-6-11(2)10-7(17-6)18(8,14)15;/h3H2,1-2H3,(H2,8,14,15);1H. The molecule has 9 nitrogen and oxygen atoms in total. The van der Waals surface area contributed by atoms with Gasteiger partial charge in [-0.05, 0) is 0 Å². The first-order chi connectivity index (χ1) is 8.20. The predicted octanol–water partition coefficient (Wildman–Crippen LogP) is -1.46. The average molecular weight is 331 g/mol. The van der Waals surface area contributed by atoms with Gasteiger partial charge in [0, 0.05) is 14.0 Å². The Labute approximate surface area is 118 Å². The highest BCUT2D eigenvalue weighted by Gasteiger charge is 2.14. The van der Waals surface area contributed by atoms with E-state index in [0.29, 0.717) is 11.3 Å². The first-order valence-electron chi connectivity index (χ1n) is 4.48. The molecule has 0 aliphatic rings. The van der Waals surface area contributed by atoms with Crippen molar-refractivity contribution in [2.45, 2.75) is 11.3 Å². The fourth-order valence-corrected chi connectivity index (χ4v) is 2.41. The zero-order valence-corrected chi connectivity index (χ0v) is 12.3. The third-order valence-electron chi connectivity index (χ3n) is 1.55. The molecule has 1 aromatic heterocycles. The first-order valence-corrected chi connectivity index (χ1v) is 6.84. The number of rotatable bonds is 3. The molecule has 0 radical (unpaired) electrons. The van der Waals surface area contributed by atoms with Gasteiger partial charge < -0.3 is 4.74 Å². The summed E-state index contributed by atoms with van der Waals surface area (Å²) in [5.74, 6) is -1.34. The Morgan fingerprint density at radius 2 is 2.11 bits per heavy atom. The topological polar surface area (TPSA) is 134 Å². The third-order valence-corrected chi connectivity index (χ3v) is 3.86. The third kappa shape index (κ3) is 5.46. The molecule has 0 saturated heterocycles. The number of hydrogen-bond donors (Lipinski definition) is 1. The number of esters is 1. The second-order valence-electron chi connectivity index (χ2n) is 3.10. The largest absolute Gasteiger partial charge is 0.456 e. The van der Waals surface area contributed by atoms with E-state index >= 15 is 0 Å². The zero-order chi connectivity index (χ0) is 13.9. The maximum atomic E-state index is 11.3. The van der Waals surface area contributed by atoms with Gasteiger partial charge in [0.1, 0.15) is 0 Å². The van der Waals surface area contributed by atoms with Crippen LogP contribution in [0.2, 0.25) is 0 Å². The maximum Gasteiger partial charge on any atom is 0.303 e. The van der Waals surface area contributed by atoms with Crippen LogP contribution in [0.15, 0.2) is 9.33 Å². The Morgan fingerprint density at radius 3 is 2.53 bits per heavy atom. The molecule has 108 valence electrons. The SMILES string of the molecule is CC(=O)OCC(=O)N=c1sc(S(N)(=O)=O)nn1C.Cl. The molecule has 0 spiro atoms. The Balaban J connectivity index is 0.00000324. The summed E-state index contributed by atoms with van der Waals surface area (Å²) in [5, 5.41) is 8.48. The number of carbonyl (C=O) groups is 2. The van der Waals surface area contributed by atoms with E-state index < -0.39 is 28.5 Å². The number of carbonyl (C=O) groups excluding carboxylic acids is 2. The van der Waals surface area contributed by atoms with Gasteiger partial charge in [0.05, 0.1) is 0 Å². The first kappa shape index (κ1) is 17.7. The summed E-state index contributed by atoms with van der Waals surface area (Å²) in [6.45, 7) is 0.636. The number of primary sulfonamides is 1. The predicted molar refractivity (Wildman–Crippen MR) is 66.9 cm³/mol. The molecule has 0 saturated carbocycles. The number of ether oxygens (including phenoxy) is 1. The van der Waals surface area contributed by atoms with Gasteiger partial charge in [-0.15, -0.1) is 17.5 Å². The van der Waals surface area contributed by atoms with Gasteiger partial charge in [-0.2, -0.15) is 4.99 Å². The molecule has 19 heavy (non-hydrogen) atoms. The Hall–Kier alpha value is -1.30. The minimum Gasteiger partial charge on any atom is -0.456 e. The number of nitrogens with two attached hydrogens (primary N) is 1. The molecule has 1 rings (SSSR count). The molecule has 0 bridgehead atoms. The highest BCUT2D eigenvalue weighted by molar-refractivity contribution is 7.91. The van der Waals surface area contributed by atoms with E-state index in [1.54, 1.807) is 0 Å². The van der Waals surface area contributed by atoms with Gasteiger partial charge in [-0.1, -0.05) is 11.3 Å². The van der Waals surface area contributed by atoms with Crippen LogP contribution in [0.3, 0.4) is 0 Å². The molecule has 0 aromatic carbocycles. The summed E-state index contributed by atoms with van der Waals surface area (Å²) in [5.41, 5.74) is 0. The quantitative estimate of drug-likeness (QED) is 0.673. The van der Waals surface area contributed by atoms with Gasteiger partial charge >= 0.3 is 5.97 Å². The molecule has 0 aliphatic carbocycles. The summed E-state index contributed by atoms with van der Waals surface area (Å²) in [6, 6.07) is 0. The normalized spacial score (nSPS) is 11.8. The van der Waals surface area contributed by atoms with E-state index in [0.717, 1.165) is 11.6 Å². The lowest BCUT2D eigenvalue weighted by molar-refractivity contribution is -0.145. The van der Waals surface area contributed by atoms with Crippen molar-refractivity contribution >= 4 is 45.6 Å². The lowest BCUT2D eigenvalue weighted by Gasteiger charge is -1.95. The molecule has 1 heterocycles. The van der Waals surface area contributed by atoms with Gasteiger partial charge in [0.15, 0.2) is 6.61 Å². The highest BCUT2D eigenvalue weighted by atomic mass is 35.5. The van der Waals surface area contributed by atoms with Gasteiger partial charge in [-0.25, -0.2) is 18.2 Å². The highest BCUT2D eigenvalue weighted by Crippen LogP contribution is 2.04. The fourth-order valence-electron chi connectivity index (χ4n) is 0.842. The number of amides is 1. The fraction of sp³-hybridized carbons (Fsp3) is 0.429. The molecule has 1 aromatic rings. The maximum absolute atomic E-state index is 11.3. The summed E-state index contributed by atoms with van der Waals surface area (Å²) < 4.78 is 27.2. The van der Waals surface area contributed by atoms with E-state index in [9.17, 15) is 18.0 Å². The van der Waals surface area contributed by atoms with Gasteiger partial charge in [-0.3, -0.25) is 9.59 Å². The smallest absolute Gasteiger partial charge is 0.303 e. The number of aromatic nitrogens is 2. The summed E-state index contributed by atoms with van der Waals surface area (Å²) >= 11 is 0.640. The molecule has 12 heteroatoms. The van der Waals surface area contributed by atoms with Gasteiger partial charge in [0.25, 0.3) is 15.9 Å². The number of sulfonamides is 1. The van der Waals surface area contributed by atoms with Crippen LogP contribution < -0.4 is 9.94 Å². The Bertz CT molecular complexity index is 647. The average Bonchev–Trinajstić information content (AvgIpc) is 2.57. The Morgan fingerprint density at radius 1 is 1.53 bits per heavy atom. The number of hydrogen-bond acceptors (Lipinski definition) is 7. The van der Waals surface area contributed by atoms with E-state index in [1.807, 2.05) is 0 Å². The van der Waals surface area contributed by atoms with Crippen LogP contribution in [0.5, 0.6) is 0 Å². The summed E-state index contributed by atoms with van der Waals surface area (Å²) in [4.78, 5) is 25.3. The molecule has 0 atom stereocenters. The molecule has 1 amide bonds. The summed E-state index contributed by atoms with van der Waals surface area (Å²) in [6.07, 6.45) is 0. The van der Waals surface area contributed by atoms with E-state index in [2.05, 4.69) is 14.8 Å². The van der Waals surface area contributed by atoms with Crippen molar-refractivity contribution in [2.24, 2.45) is 17.2 Å². The lowest BCUT2D eigenvalue weighted by atomic mass is 10.6. The van der Waals surface area contributed by atoms with Crippen LogP contribution in [-0.4, -0.2) is 36.7 Å². The number of halogens is 1. The van der Waals surface area contributed by atoms with E-state index in [1.165, 1.54) is 7.05 Å². The zero-order valence-electron chi connectivity index (χ0n) is 9.89. The van der Waals surface area contributed by atoms with Crippen molar-refractivity contribution in [3.05, 3.63) is 4.80 Å². The number of nitrogens with zero attached hydrogens (tertiary/aromatic N) is 3. The van der Waals surface area contributed by atoms with Crippen molar-refractivity contribution in [1.82, 2.24) is 9.78 Å². The second kappa shape index (κ2) is 6.75. The lowest BCUT2D eigenvalue weighted by Crippen LogP contribution is -2.17. The van der Waals surface area contributed by atoms with Crippen LogP contribution in [0.4, 0.5) is 0 Å². The van der Waals surface area contributed by atoms with Crippen LogP contribution in [0.1, 0.15) is 6.92 Å². The van der Waals surface area contributed by atoms with Crippen LogP contribution in [0, 0.1) is 0 Å². The van der Waals surface area contributed by atoms with Crippen LogP contribution in [-0.2, 0) is 31.4 Å². The van der Waals surface area contributed by atoms with Gasteiger partial charge in [0.2, 0.25) is 9.14 Å². The molecule has 0 unspecified atom stereocenters. The van der Waals surface area contributed by atoms with Crippen molar-refractivity contribution < 1.29 is 22.7 Å². The summed E-state index contributed by atoms with van der Waals surface area (Å²) in [7, 11) is -2.53. The van der Waals surface area contributed by atoms with Crippen molar-refractivity contribution in [1.29, 1.82) is 0 Å². The van der Waals surface area contributed by atoms with Crippen LogP contribution >= 0.6 is 23.7 Å².